The van der Waals surface area contributed by atoms with E-state index in [1.807, 2.05) is 24.3 Å². The second-order valence-electron chi connectivity index (χ2n) is 6.26. The molecule has 0 radical (unpaired) electrons. The summed E-state index contributed by atoms with van der Waals surface area (Å²) in [5.41, 5.74) is 5.09. The second-order valence-corrected chi connectivity index (χ2v) is 6.26. The summed E-state index contributed by atoms with van der Waals surface area (Å²) in [5.74, 6) is -0.581. The second kappa shape index (κ2) is 6.51. The normalized spacial score (nSPS) is 12.6. The summed E-state index contributed by atoms with van der Waals surface area (Å²) in [6.07, 6.45) is 2.86. The fourth-order valence-corrected chi connectivity index (χ4v) is 3.60. The van der Waals surface area contributed by atoms with E-state index < -0.39 is 10.9 Å². The van der Waals surface area contributed by atoms with Crippen molar-refractivity contribution >= 4 is 11.9 Å². The fourth-order valence-electron chi connectivity index (χ4n) is 3.60. The molecule has 2 aromatic carbocycles. The monoisotopic (exact) mass is 348 g/mol. The van der Waals surface area contributed by atoms with E-state index in [-0.39, 0.29) is 18.2 Å². The molecule has 1 heterocycles. The molecule has 26 heavy (non-hydrogen) atoms. The minimum absolute atomic E-state index is 0.264. The summed E-state index contributed by atoms with van der Waals surface area (Å²) in [4.78, 5) is 25.6. The molecule has 0 N–H and O–H groups in total. The number of carbonyl (C=O) groups excluding carboxylic acids is 1. The lowest BCUT2D eigenvalue weighted by Crippen LogP contribution is -2.11. The number of nitro groups is 1. The number of fused-ring (bicyclic) bond motifs is 3. The third kappa shape index (κ3) is 2.77. The maximum absolute atomic E-state index is 12.2. The van der Waals surface area contributed by atoms with Gasteiger partial charge in [0, 0.05) is 17.4 Å². The third-order valence-corrected chi connectivity index (χ3v) is 4.74. The van der Waals surface area contributed by atoms with Crippen molar-refractivity contribution in [3.05, 3.63) is 76.1 Å². The van der Waals surface area contributed by atoms with Crippen LogP contribution in [-0.4, -0.2) is 25.6 Å². The van der Waals surface area contributed by atoms with Gasteiger partial charge in [-0.1, -0.05) is 53.5 Å². The van der Waals surface area contributed by atoms with E-state index in [0.29, 0.717) is 6.42 Å². The molecular weight excluding hydrogens is 332 g/mol. The zero-order chi connectivity index (χ0) is 18.1. The minimum atomic E-state index is -0.712. The Bertz CT molecular complexity index is 950. The molecule has 0 saturated carbocycles. The summed E-state index contributed by atoms with van der Waals surface area (Å²) in [5, 5.41) is 14.2. The van der Waals surface area contributed by atoms with Crippen LogP contribution in [0.5, 0.6) is 0 Å². The van der Waals surface area contributed by atoms with Crippen LogP contribution in [-0.2, 0) is 0 Å². The van der Waals surface area contributed by atoms with E-state index >= 15 is 0 Å². The van der Waals surface area contributed by atoms with Gasteiger partial charge in [0.15, 0.2) is 0 Å². The number of hydrogen-bond donors (Lipinski definition) is 0. The molecule has 1 aliphatic carbocycles. The average Bonchev–Trinajstić information content (AvgIpc) is 3.26. The van der Waals surface area contributed by atoms with Gasteiger partial charge in [0.25, 0.3) is 5.91 Å². The van der Waals surface area contributed by atoms with Gasteiger partial charge in [0.05, 0.1) is 0 Å². The van der Waals surface area contributed by atoms with Gasteiger partial charge in [-0.3, -0.25) is 4.79 Å². The molecule has 1 aliphatic rings. The Kier molecular flexibility index (Phi) is 4.04. The molecule has 0 bridgehead atoms. The Morgan fingerprint density at radius 2 is 1.69 bits per heavy atom. The number of carbonyl (C=O) groups is 1. The number of rotatable bonds is 5. The average molecular weight is 348 g/mol. The first-order chi connectivity index (χ1) is 12.6. The summed E-state index contributed by atoms with van der Waals surface area (Å²) in [7, 11) is 0. The largest absolute Gasteiger partial charge is 0.491 e. The topological polar surface area (TPSA) is 90.9 Å². The summed E-state index contributed by atoms with van der Waals surface area (Å²) >= 11 is 0. The van der Waals surface area contributed by atoms with Crippen molar-refractivity contribution in [2.75, 3.05) is 0 Å². The van der Waals surface area contributed by atoms with Crippen LogP contribution in [0, 0.1) is 10.1 Å². The van der Waals surface area contributed by atoms with Gasteiger partial charge in [-0.15, -0.1) is 4.68 Å². The first-order valence-electron chi connectivity index (χ1n) is 8.42. The van der Waals surface area contributed by atoms with Crippen molar-refractivity contribution in [3.63, 3.8) is 0 Å². The highest BCUT2D eigenvalue weighted by atomic mass is 16.6. The van der Waals surface area contributed by atoms with Gasteiger partial charge >= 0.3 is 5.95 Å². The highest BCUT2D eigenvalue weighted by Gasteiger charge is 2.27. The van der Waals surface area contributed by atoms with Gasteiger partial charge in [0.1, 0.15) is 0 Å². The zero-order valence-electron chi connectivity index (χ0n) is 13.9. The van der Waals surface area contributed by atoms with Crippen LogP contribution in [0.1, 0.15) is 41.1 Å². The van der Waals surface area contributed by atoms with Gasteiger partial charge in [-0.05, 0) is 40.0 Å². The number of nitrogens with zero attached hydrogens (tertiary/aromatic N) is 4. The zero-order valence-corrected chi connectivity index (χ0v) is 13.9. The van der Waals surface area contributed by atoms with Crippen molar-refractivity contribution in [1.82, 2.24) is 14.8 Å². The van der Waals surface area contributed by atoms with Crippen molar-refractivity contribution in [2.24, 2.45) is 0 Å². The molecule has 1 aromatic heterocycles. The molecule has 130 valence electrons. The van der Waals surface area contributed by atoms with E-state index in [9.17, 15) is 14.9 Å². The highest BCUT2D eigenvalue weighted by Crippen LogP contribution is 2.46. The Balaban J connectivity index is 1.46. The van der Waals surface area contributed by atoms with Crippen LogP contribution in [0.25, 0.3) is 11.1 Å². The number of benzene rings is 2. The van der Waals surface area contributed by atoms with E-state index in [2.05, 4.69) is 34.3 Å². The third-order valence-electron chi connectivity index (χ3n) is 4.74. The lowest BCUT2D eigenvalue weighted by Gasteiger charge is -2.12. The van der Waals surface area contributed by atoms with Crippen LogP contribution < -0.4 is 0 Å². The van der Waals surface area contributed by atoms with E-state index in [1.165, 1.54) is 22.3 Å². The minimum Gasteiger partial charge on any atom is -0.390 e. The Morgan fingerprint density at radius 3 is 2.27 bits per heavy atom. The number of hydrogen-bond acceptors (Lipinski definition) is 5. The Labute approximate surface area is 149 Å². The van der Waals surface area contributed by atoms with Crippen molar-refractivity contribution in [1.29, 1.82) is 0 Å². The van der Waals surface area contributed by atoms with E-state index in [1.54, 1.807) is 0 Å². The molecule has 0 saturated heterocycles. The van der Waals surface area contributed by atoms with Crippen LogP contribution >= 0.6 is 0 Å². The molecule has 7 nitrogen and oxygen atoms in total. The van der Waals surface area contributed by atoms with Crippen LogP contribution in [0.4, 0.5) is 5.95 Å². The maximum atomic E-state index is 12.2. The molecule has 0 amide bonds. The lowest BCUT2D eigenvalue weighted by molar-refractivity contribution is -0.394. The van der Waals surface area contributed by atoms with Gasteiger partial charge < -0.3 is 10.1 Å². The SMILES string of the molecule is O=C(CCCC1c2ccccc2-c2ccccc21)n1cnc([N+](=O)[O-])n1. The molecular formula is C19H16N4O3. The highest BCUT2D eigenvalue weighted by molar-refractivity contribution is 5.79. The van der Waals surface area contributed by atoms with E-state index in [4.69, 9.17) is 0 Å². The maximum Gasteiger partial charge on any atom is 0.491 e. The van der Waals surface area contributed by atoms with Crippen molar-refractivity contribution in [2.45, 2.75) is 25.2 Å². The Hall–Kier alpha value is -3.35. The number of aromatic nitrogens is 3. The van der Waals surface area contributed by atoms with Gasteiger partial charge in [0.2, 0.25) is 6.33 Å². The van der Waals surface area contributed by atoms with Crippen LogP contribution in [0.3, 0.4) is 0 Å². The molecule has 0 unspecified atom stereocenters. The molecule has 4 rings (SSSR count). The summed E-state index contributed by atoms with van der Waals surface area (Å²) in [6, 6.07) is 16.7. The van der Waals surface area contributed by atoms with Gasteiger partial charge in [-0.25, -0.2) is 0 Å². The quantitative estimate of drug-likeness (QED) is 0.516. The summed E-state index contributed by atoms with van der Waals surface area (Å²) in [6.45, 7) is 0. The Morgan fingerprint density at radius 1 is 1.08 bits per heavy atom. The molecule has 7 heteroatoms. The fraction of sp³-hybridized carbons (Fsp3) is 0.211. The molecule has 0 spiro atoms. The van der Waals surface area contributed by atoms with Crippen molar-refractivity contribution in [3.8, 4) is 11.1 Å². The predicted octanol–water partition coefficient (Wildman–Crippen LogP) is 3.81. The smallest absolute Gasteiger partial charge is 0.390 e. The van der Waals surface area contributed by atoms with Crippen molar-refractivity contribution < 1.29 is 9.72 Å². The standard InChI is InChI=1S/C19H16N4O3/c24-18(22-12-20-19(21-22)23(25)26)11-5-10-17-15-8-3-1-6-13(15)14-7-2-4-9-16(14)17/h1-4,6-9,12,17H,5,10-11H2. The van der Waals surface area contributed by atoms with Crippen LogP contribution in [0.15, 0.2) is 54.9 Å². The molecule has 0 fully saturated rings. The summed E-state index contributed by atoms with van der Waals surface area (Å²) < 4.78 is 0.953. The first-order valence-corrected chi connectivity index (χ1v) is 8.42. The molecule has 3 aromatic rings. The lowest BCUT2D eigenvalue weighted by atomic mass is 9.91. The molecule has 0 atom stereocenters. The van der Waals surface area contributed by atoms with Crippen LogP contribution in [0.2, 0.25) is 0 Å². The predicted molar refractivity (Wildman–Crippen MR) is 94.9 cm³/mol. The molecule has 0 aliphatic heterocycles. The first kappa shape index (κ1) is 16.1. The van der Waals surface area contributed by atoms with Gasteiger partial charge in [-0.2, -0.15) is 0 Å². The van der Waals surface area contributed by atoms with E-state index in [0.717, 1.165) is 17.4 Å².